The van der Waals surface area contributed by atoms with Crippen LogP contribution in [-0.2, 0) is 11.2 Å². The molecule has 4 aromatic rings. The van der Waals surface area contributed by atoms with E-state index in [2.05, 4.69) is 24.8 Å². The van der Waals surface area contributed by atoms with Crippen molar-refractivity contribution in [1.29, 1.82) is 0 Å². The van der Waals surface area contributed by atoms with Crippen LogP contribution in [0, 0.1) is 5.82 Å². The standard InChI is InChI=1S/C30H31FN10O2/c31-23-17-20(28(42)39-11-9-38(10-12-39)25-3-1-2-7-33-25)4-5-24(23)41-8-6-22-26(21-18-34-29(32)35-19-21)36-30(37-27(22)41)40-13-15-43-16-14-40/h1-5,7,17-19H,6,8-16H2,(H2,32,34,35). The Morgan fingerprint density at radius 2 is 1.67 bits per heavy atom. The van der Waals surface area contributed by atoms with E-state index < -0.39 is 5.82 Å². The highest BCUT2D eigenvalue weighted by Crippen LogP contribution is 2.40. The molecular weight excluding hydrogens is 551 g/mol. The number of morpholine rings is 1. The number of benzene rings is 1. The summed E-state index contributed by atoms with van der Waals surface area (Å²) in [5.74, 6) is 1.58. The van der Waals surface area contributed by atoms with Gasteiger partial charge in [-0.1, -0.05) is 6.07 Å². The Bertz CT molecular complexity index is 1620. The first-order chi connectivity index (χ1) is 21.0. The molecule has 7 rings (SSSR count). The molecule has 0 aliphatic carbocycles. The maximum absolute atomic E-state index is 15.8. The molecule has 2 saturated heterocycles. The van der Waals surface area contributed by atoms with Crippen molar-refractivity contribution in [3.63, 3.8) is 0 Å². The van der Waals surface area contributed by atoms with E-state index in [0.29, 0.717) is 99.7 Å². The highest BCUT2D eigenvalue weighted by molar-refractivity contribution is 5.95. The Labute approximate surface area is 248 Å². The highest BCUT2D eigenvalue weighted by Gasteiger charge is 2.31. The Balaban J connectivity index is 1.15. The Kier molecular flexibility index (Phi) is 7.15. The summed E-state index contributed by atoms with van der Waals surface area (Å²) in [6.45, 7) is 5.38. The molecule has 0 radical (unpaired) electrons. The normalized spacial score (nSPS) is 16.9. The fourth-order valence-electron chi connectivity index (χ4n) is 5.80. The summed E-state index contributed by atoms with van der Waals surface area (Å²) in [7, 11) is 0. The number of pyridine rings is 1. The third-order valence-electron chi connectivity index (χ3n) is 8.08. The number of rotatable bonds is 5. The molecule has 3 aromatic heterocycles. The molecular formula is C30H31FN10O2. The van der Waals surface area contributed by atoms with Gasteiger partial charge in [0.05, 0.1) is 24.6 Å². The van der Waals surface area contributed by atoms with E-state index in [1.54, 1.807) is 35.6 Å². The predicted octanol–water partition coefficient (Wildman–Crippen LogP) is 2.54. The molecule has 0 saturated carbocycles. The Morgan fingerprint density at radius 3 is 2.40 bits per heavy atom. The van der Waals surface area contributed by atoms with Crippen molar-refractivity contribution in [2.45, 2.75) is 6.42 Å². The molecule has 13 heteroatoms. The number of ether oxygens (including phenoxy) is 1. The third kappa shape index (κ3) is 5.27. The maximum atomic E-state index is 15.8. The lowest BCUT2D eigenvalue weighted by Crippen LogP contribution is -2.49. The first-order valence-corrected chi connectivity index (χ1v) is 14.4. The average Bonchev–Trinajstić information content (AvgIpc) is 3.49. The van der Waals surface area contributed by atoms with E-state index in [-0.39, 0.29) is 11.9 Å². The minimum absolute atomic E-state index is 0.177. The van der Waals surface area contributed by atoms with E-state index in [9.17, 15) is 4.79 Å². The Hall–Kier alpha value is -4.91. The molecule has 0 bridgehead atoms. The Morgan fingerprint density at radius 1 is 0.884 bits per heavy atom. The van der Waals surface area contributed by atoms with Crippen LogP contribution in [0.15, 0.2) is 55.0 Å². The number of hydrogen-bond acceptors (Lipinski definition) is 11. The lowest BCUT2D eigenvalue weighted by Gasteiger charge is -2.35. The maximum Gasteiger partial charge on any atom is 0.254 e. The molecule has 3 aliphatic heterocycles. The van der Waals surface area contributed by atoms with Crippen molar-refractivity contribution < 1.29 is 13.9 Å². The minimum Gasteiger partial charge on any atom is -0.378 e. The van der Waals surface area contributed by atoms with Gasteiger partial charge in [0, 0.05) is 81.1 Å². The average molecular weight is 583 g/mol. The number of carbonyl (C=O) groups is 1. The second-order valence-corrected chi connectivity index (χ2v) is 10.6. The van der Waals surface area contributed by atoms with E-state index in [1.165, 1.54) is 6.07 Å². The number of amides is 1. The lowest BCUT2D eigenvalue weighted by molar-refractivity contribution is 0.0746. The summed E-state index contributed by atoms with van der Waals surface area (Å²) in [5, 5.41) is 0. The van der Waals surface area contributed by atoms with Gasteiger partial charge in [-0.15, -0.1) is 0 Å². The molecule has 1 aromatic carbocycles. The van der Waals surface area contributed by atoms with Gasteiger partial charge in [-0.05, 0) is 36.8 Å². The van der Waals surface area contributed by atoms with Crippen LogP contribution in [0.2, 0.25) is 0 Å². The van der Waals surface area contributed by atoms with E-state index in [1.807, 2.05) is 23.1 Å². The van der Waals surface area contributed by atoms with Crippen molar-refractivity contribution in [3.05, 3.63) is 71.9 Å². The first-order valence-electron chi connectivity index (χ1n) is 14.4. The number of piperazine rings is 1. The molecule has 0 unspecified atom stereocenters. The highest BCUT2D eigenvalue weighted by atomic mass is 19.1. The van der Waals surface area contributed by atoms with Gasteiger partial charge < -0.3 is 30.1 Å². The van der Waals surface area contributed by atoms with Crippen LogP contribution in [0.25, 0.3) is 11.3 Å². The summed E-state index contributed by atoms with van der Waals surface area (Å²) in [4.78, 5) is 43.7. The van der Waals surface area contributed by atoms with Gasteiger partial charge >= 0.3 is 0 Å². The number of nitrogens with two attached hydrogens (primary N) is 1. The van der Waals surface area contributed by atoms with Gasteiger partial charge in [-0.3, -0.25) is 4.79 Å². The molecule has 2 fully saturated rings. The van der Waals surface area contributed by atoms with Crippen molar-refractivity contribution in [1.82, 2.24) is 29.8 Å². The summed E-state index contributed by atoms with van der Waals surface area (Å²) in [6, 6.07) is 10.5. The number of anilines is 5. The van der Waals surface area contributed by atoms with Gasteiger partial charge in [0.25, 0.3) is 5.91 Å². The summed E-state index contributed by atoms with van der Waals surface area (Å²) in [5.41, 5.74) is 8.72. The van der Waals surface area contributed by atoms with Crippen molar-refractivity contribution in [3.8, 4) is 11.3 Å². The molecule has 0 atom stereocenters. The van der Waals surface area contributed by atoms with Crippen LogP contribution >= 0.6 is 0 Å². The van der Waals surface area contributed by atoms with Crippen LogP contribution in [0.1, 0.15) is 15.9 Å². The summed E-state index contributed by atoms with van der Waals surface area (Å²) in [6.07, 6.45) is 5.67. The molecule has 0 spiro atoms. The zero-order valence-electron chi connectivity index (χ0n) is 23.6. The number of aromatic nitrogens is 5. The van der Waals surface area contributed by atoms with Crippen molar-refractivity contribution in [2.75, 3.05) is 79.5 Å². The monoisotopic (exact) mass is 582 g/mol. The van der Waals surface area contributed by atoms with Gasteiger partial charge in [0.1, 0.15) is 17.5 Å². The van der Waals surface area contributed by atoms with Crippen molar-refractivity contribution >= 4 is 35.1 Å². The third-order valence-corrected chi connectivity index (χ3v) is 8.08. The quantitative estimate of drug-likeness (QED) is 0.373. The smallest absolute Gasteiger partial charge is 0.254 e. The van der Waals surface area contributed by atoms with Crippen molar-refractivity contribution in [2.24, 2.45) is 0 Å². The molecule has 6 heterocycles. The molecule has 43 heavy (non-hydrogen) atoms. The fraction of sp³-hybridized carbons (Fsp3) is 0.333. The van der Waals surface area contributed by atoms with Crippen LogP contribution in [0.4, 0.5) is 33.6 Å². The summed E-state index contributed by atoms with van der Waals surface area (Å²) >= 11 is 0. The second-order valence-electron chi connectivity index (χ2n) is 10.6. The number of halogens is 1. The number of fused-ring (bicyclic) bond motifs is 1. The predicted molar refractivity (Wildman–Crippen MR) is 160 cm³/mol. The van der Waals surface area contributed by atoms with Crippen LogP contribution in [-0.4, -0.2) is 94.8 Å². The second kappa shape index (κ2) is 11.4. The largest absolute Gasteiger partial charge is 0.378 e. The van der Waals surface area contributed by atoms with Gasteiger partial charge in [-0.2, -0.15) is 4.98 Å². The fourth-order valence-corrected chi connectivity index (χ4v) is 5.80. The first kappa shape index (κ1) is 27.0. The zero-order valence-corrected chi connectivity index (χ0v) is 23.6. The minimum atomic E-state index is -0.477. The molecule has 3 aliphatic rings. The summed E-state index contributed by atoms with van der Waals surface area (Å²) < 4.78 is 21.3. The lowest BCUT2D eigenvalue weighted by atomic mass is 10.1. The van der Waals surface area contributed by atoms with Crippen LogP contribution in [0.3, 0.4) is 0 Å². The van der Waals surface area contributed by atoms with E-state index in [0.717, 1.165) is 11.4 Å². The SMILES string of the molecule is Nc1ncc(-c2nc(N3CCOCC3)nc3c2CCN3c2ccc(C(=O)N3CCN(c4ccccn4)CC3)cc2F)cn1. The zero-order chi connectivity index (χ0) is 29.3. The number of carbonyl (C=O) groups excluding carboxylic acids is 1. The number of hydrogen-bond donors (Lipinski definition) is 1. The molecule has 12 nitrogen and oxygen atoms in total. The molecule has 1 amide bonds. The van der Waals surface area contributed by atoms with Crippen LogP contribution < -0.4 is 20.4 Å². The molecule has 220 valence electrons. The van der Waals surface area contributed by atoms with E-state index in [4.69, 9.17) is 20.4 Å². The van der Waals surface area contributed by atoms with Gasteiger partial charge in [0.15, 0.2) is 0 Å². The van der Waals surface area contributed by atoms with Gasteiger partial charge in [0.2, 0.25) is 11.9 Å². The molecule has 2 N–H and O–H groups in total. The number of nitrogen functional groups attached to an aromatic ring is 1. The van der Waals surface area contributed by atoms with Crippen LogP contribution in [0.5, 0.6) is 0 Å². The van der Waals surface area contributed by atoms with E-state index >= 15 is 4.39 Å². The number of nitrogens with zero attached hydrogens (tertiary/aromatic N) is 9. The van der Waals surface area contributed by atoms with Gasteiger partial charge in [-0.25, -0.2) is 24.3 Å². The topological polar surface area (TPSA) is 130 Å².